The van der Waals surface area contributed by atoms with Gasteiger partial charge in [-0.25, -0.2) is 4.98 Å². The number of esters is 1. The lowest BCUT2D eigenvalue weighted by Crippen LogP contribution is -2.36. The first-order chi connectivity index (χ1) is 18.7. The van der Waals surface area contributed by atoms with Gasteiger partial charge in [0, 0.05) is 17.3 Å². The van der Waals surface area contributed by atoms with Crippen LogP contribution in [0.3, 0.4) is 0 Å². The van der Waals surface area contributed by atoms with E-state index in [2.05, 4.69) is 35.6 Å². The highest BCUT2D eigenvalue weighted by molar-refractivity contribution is 6.30. The molecule has 2 heterocycles. The Labute approximate surface area is 237 Å². The van der Waals surface area contributed by atoms with Gasteiger partial charge in [0.2, 0.25) is 0 Å². The molecule has 2 N–H and O–H groups in total. The predicted molar refractivity (Wildman–Crippen MR) is 158 cm³/mol. The third kappa shape index (κ3) is 12.8. The van der Waals surface area contributed by atoms with E-state index in [9.17, 15) is 14.7 Å². The quantitative estimate of drug-likeness (QED) is 0.228. The predicted octanol–water partition coefficient (Wildman–Crippen LogP) is 6.51. The number of halogens is 1. The number of aldehydes is 1. The number of aromatic hydroxyl groups is 1. The summed E-state index contributed by atoms with van der Waals surface area (Å²) in [5.74, 6) is 0.467. The monoisotopic (exact) mass is 556 g/mol. The molecule has 0 saturated carbocycles. The summed E-state index contributed by atoms with van der Waals surface area (Å²) in [4.78, 5) is 25.8. The summed E-state index contributed by atoms with van der Waals surface area (Å²) in [6.45, 7) is 11.1. The first-order valence-electron chi connectivity index (χ1n) is 12.9. The van der Waals surface area contributed by atoms with Gasteiger partial charge in [0.15, 0.2) is 17.8 Å². The first-order valence-corrected chi connectivity index (χ1v) is 13.3. The van der Waals surface area contributed by atoms with Gasteiger partial charge in [0.25, 0.3) is 0 Å². The smallest absolute Gasteiger partial charge is 0.323 e. The van der Waals surface area contributed by atoms with Gasteiger partial charge in [-0.05, 0) is 70.2 Å². The van der Waals surface area contributed by atoms with Crippen molar-refractivity contribution in [3.63, 3.8) is 0 Å². The molecule has 7 nitrogen and oxygen atoms in total. The minimum atomic E-state index is -0.218. The van der Waals surface area contributed by atoms with Crippen molar-refractivity contribution in [2.75, 3.05) is 14.2 Å². The summed E-state index contributed by atoms with van der Waals surface area (Å²) in [6.07, 6.45) is 12.2. The Morgan fingerprint density at radius 3 is 2.49 bits per heavy atom. The van der Waals surface area contributed by atoms with E-state index in [1.54, 1.807) is 12.2 Å². The highest BCUT2D eigenvalue weighted by Crippen LogP contribution is 2.26. The summed E-state index contributed by atoms with van der Waals surface area (Å²) in [5, 5.41) is 13.0. The molecule has 8 heteroatoms. The number of cyclic esters (lactones) is 1. The van der Waals surface area contributed by atoms with Gasteiger partial charge in [-0.3, -0.25) is 9.59 Å². The molecule has 1 saturated heterocycles. The van der Waals surface area contributed by atoms with Crippen molar-refractivity contribution in [3.05, 3.63) is 89.8 Å². The number of hydrogen-bond acceptors (Lipinski definition) is 7. The van der Waals surface area contributed by atoms with Gasteiger partial charge in [0.1, 0.15) is 11.7 Å². The Hall–Kier alpha value is -3.42. The van der Waals surface area contributed by atoms with E-state index in [4.69, 9.17) is 21.1 Å². The Morgan fingerprint density at radius 2 is 1.95 bits per heavy atom. The van der Waals surface area contributed by atoms with Crippen LogP contribution in [0.25, 0.3) is 0 Å². The van der Waals surface area contributed by atoms with E-state index in [1.165, 1.54) is 24.9 Å². The third-order valence-electron chi connectivity index (χ3n) is 6.11. The topological polar surface area (TPSA) is 97.8 Å². The zero-order valence-electron chi connectivity index (χ0n) is 23.4. The van der Waals surface area contributed by atoms with Crippen molar-refractivity contribution in [3.8, 4) is 11.5 Å². The summed E-state index contributed by atoms with van der Waals surface area (Å²) in [7, 11) is 3.23. The average Bonchev–Trinajstić information content (AvgIpc) is 2.99. The lowest BCUT2D eigenvalue weighted by atomic mass is 9.89. The van der Waals surface area contributed by atoms with Gasteiger partial charge in [0.05, 0.1) is 13.2 Å². The van der Waals surface area contributed by atoms with Crippen molar-refractivity contribution in [2.24, 2.45) is 5.92 Å². The minimum absolute atomic E-state index is 0.00986. The van der Waals surface area contributed by atoms with Crippen molar-refractivity contribution in [1.29, 1.82) is 0 Å². The van der Waals surface area contributed by atoms with E-state index >= 15 is 0 Å². The number of nitrogens with zero attached hydrogens (tertiary/aromatic N) is 1. The maximum Gasteiger partial charge on any atom is 0.323 e. The molecule has 1 aromatic heterocycles. The average molecular weight is 557 g/mol. The fourth-order valence-electron chi connectivity index (χ4n) is 4.00. The van der Waals surface area contributed by atoms with Crippen molar-refractivity contribution < 1.29 is 24.2 Å². The molecule has 2 unspecified atom stereocenters. The van der Waals surface area contributed by atoms with E-state index in [1.807, 2.05) is 39.1 Å². The van der Waals surface area contributed by atoms with Gasteiger partial charge in [-0.1, -0.05) is 67.1 Å². The zero-order chi connectivity index (χ0) is 29.2. The molecule has 0 spiro atoms. The molecule has 0 radical (unpaired) electrons. The summed E-state index contributed by atoms with van der Waals surface area (Å²) < 4.78 is 10.3. The summed E-state index contributed by atoms with van der Waals surface area (Å²) in [5.41, 5.74) is 2.44. The molecule has 1 aliphatic heterocycles. The Balaban J connectivity index is 0.000000352. The largest absolute Gasteiger partial charge is 0.503 e. The van der Waals surface area contributed by atoms with Gasteiger partial charge < -0.3 is 19.9 Å². The molecule has 1 fully saturated rings. The summed E-state index contributed by atoms with van der Waals surface area (Å²) >= 11 is 5.93. The Bertz CT molecular complexity index is 1080. The van der Waals surface area contributed by atoms with E-state index in [0.717, 1.165) is 42.7 Å². The third-order valence-corrected chi connectivity index (χ3v) is 6.36. The number of hydrogen-bond donors (Lipinski definition) is 2. The number of benzene rings is 1. The van der Waals surface area contributed by atoms with Crippen LogP contribution >= 0.6 is 11.6 Å². The highest BCUT2D eigenvalue weighted by Gasteiger charge is 2.25. The van der Waals surface area contributed by atoms with Gasteiger partial charge in [-0.15, -0.1) is 0 Å². The highest BCUT2D eigenvalue weighted by atomic mass is 35.5. The van der Waals surface area contributed by atoms with Crippen LogP contribution in [-0.4, -0.2) is 48.6 Å². The maximum absolute atomic E-state index is 12.0. The zero-order valence-corrected chi connectivity index (χ0v) is 24.1. The second-order valence-electron chi connectivity index (χ2n) is 9.17. The van der Waals surface area contributed by atoms with Crippen molar-refractivity contribution >= 4 is 23.9 Å². The molecule has 1 aliphatic rings. The minimum Gasteiger partial charge on any atom is -0.503 e. The number of carbonyl (C=O) groups excluding carboxylic acids is 2. The number of allylic oxidation sites excluding steroid dienone is 4. The standard InChI is InChI=1S/C17H24ClNO2.C7H7NO3.C7H10/c1-12-10-14(11-13-6-8-15(18)9-7-13)4-3-5-16(19-2)17(20)21-12;1-11-6-2-3-8-5(4-9)7(6)10;1-4-6-7(3)5-2/h6-9,12,14,16,19H,3-5,10-11H2,1-2H3;2-4,10H,1H3;4-6H,1-2H2,3H3/b;;7-6-/t12?,14?,16-;;/m0../s1. The Kier molecular flexibility index (Phi) is 16.2. The van der Waals surface area contributed by atoms with Crippen LogP contribution < -0.4 is 10.1 Å². The van der Waals surface area contributed by atoms with E-state index < -0.39 is 0 Å². The number of nitrogens with one attached hydrogen (secondary N) is 1. The van der Waals surface area contributed by atoms with Crippen LogP contribution in [-0.2, 0) is 16.0 Å². The fraction of sp³-hybridized carbons (Fsp3) is 0.387. The molecule has 0 aliphatic carbocycles. The molecule has 0 amide bonds. The molecule has 2 aromatic rings. The number of aromatic nitrogens is 1. The molecule has 39 heavy (non-hydrogen) atoms. The number of likely N-dealkylation sites (N-methyl/N-ethyl adjacent to an activating group) is 1. The van der Waals surface area contributed by atoms with Crippen LogP contribution in [0.4, 0.5) is 0 Å². The normalized spacial score (nSPS) is 19.3. The van der Waals surface area contributed by atoms with E-state index in [0.29, 0.717) is 12.2 Å². The van der Waals surface area contributed by atoms with Crippen LogP contribution in [0.15, 0.2) is 73.5 Å². The summed E-state index contributed by atoms with van der Waals surface area (Å²) in [6, 6.07) is 9.35. The molecule has 0 bridgehead atoms. The van der Waals surface area contributed by atoms with Crippen LogP contribution in [0.1, 0.15) is 55.6 Å². The number of methoxy groups -OCH3 is 1. The number of ether oxygens (including phenoxy) is 2. The van der Waals surface area contributed by atoms with E-state index in [-0.39, 0.29) is 35.3 Å². The lowest BCUT2D eigenvalue weighted by Gasteiger charge is -2.20. The number of rotatable bonds is 7. The fourth-order valence-corrected chi connectivity index (χ4v) is 4.13. The van der Waals surface area contributed by atoms with Crippen LogP contribution in [0.5, 0.6) is 11.5 Å². The Morgan fingerprint density at radius 1 is 1.26 bits per heavy atom. The molecular weight excluding hydrogens is 516 g/mol. The molecular formula is C31H41ClN2O5. The second-order valence-corrected chi connectivity index (χ2v) is 9.60. The molecule has 212 valence electrons. The SMILES string of the molecule is C=C/C=C(/C)C=C.CN[C@H]1CCCC(Cc2ccc(Cl)cc2)CC(C)OC1=O.COc1ccnc(C=O)c1O. The van der Waals surface area contributed by atoms with Crippen molar-refractivity contribution in [1.82, 2.24) is 10.3 Å². The lowest BCUT2D eigenvalue weighted by molar-refractivity contribution is -0.151. The first kappa shape index (κ1) is 33.6. The number of carbonyl (C=O) groups is 2. The number of pyridine rings is 1. The van der Waals surface area contributed by atoms with Crippen LogP contribution in [0, 0.1) is 5.92 Å². The maximum atomic E-state index is 12.0. The van der Waals surface area contributed by atoms with Gasteiger partial charge >= 0.3 is 5.97 Å². The molecule has 3 atom stereocenters. The molecule has 1 aromatic carbocycles. The molecule has 3 rings (SSSR count). The van der Waals surface area contributed by atoms with Crippen LogP contribution in [0.2, 0.25) is 5.02 Å². The second kappa shape index (κ2) is 18.8. The van der Waals surface area contributed by atoms with Crippen molar-refractivity contribution in [2.45, 2.75) is 58.1 Å². The van der Waals surface area contributed by atoms with Gasteiger partial charge in [-0.2, -0.15) is 0 Å².